The van der Waals surface area contributed by atoms with E-state index in [0.29, 0.717) is 17.8 Å². The first-order valence-corrected chi connectivity index (χ1v) is 8.80. The monoisotopic (exact) mass is 387 g/mol. The van der Waals surface area contributed by atoms with Crippen molar-refractivity contribution in [1.29, 1.82) is 0 Å². The first kappa shape index (κ1) is 20.9. The fraction of sp³-hybridized carbons (Fsp3) is 0.250. The summed E-state index contributed by atoms with van der Waals surface area (Å²) in [5.41, 5.74) is 3.10. The van der Waals surface area contributed by atoms with Crippen molar-refractivity contribution in [3.63, 3.8) is 0 Å². The molecular weight excluding hydrogens is 365 g/mol. The molecule has 2 heterocycles. The Morgan fingerprint density at radius 2 is 1.89 bits per heavy atom. The van der Waals surface area contributed by atoms with Crippen LogP contribution < -0.4 is 10.0 Å². The number of aromatic nitrogens is 1. The maximum atomic E-state index is 14.1. The Kier molecular flexibility index (Phi) is 7.50. The molecule has 1 aliphatic rings. The number of anilines is 2. The predicted molar refractivity (Wildman–Crippen MR) is 104 cm³/mol. The van der Waals surface area contributed by atoms with Crippen molar-refractivity contribution >= 4 is 23.3 Å². The van der Waals surface area contributed by atoms with Gasteiger partial charge in [-0.25, -0.2) is 14.0 Å². The molecule has 1 aromatic heterocycles. The number of benzene rings is 1. The first-order chi connectivity index (χ1) is 13.4. The van der Waals surface area contributed by atoms with Crippen LogP contribution in [0, 0.1) is 5.82 Å². The predicted octanol–water partition coefficient (Wildman–Crippen LogP) is 3.13. The van der Waals surface area contributed by atoms with Crippen LogP contribution in [0.5, 0.6) is 0 Å². The van der Waals surface area contributed by atoms with Crippen molar-refractivity contribution in [3.05, 3.63) is 66.3 Å². The molecule has 0 saturated carbocycles. The molecule has 2 N–H and O–H groups in total. The maximum absolute atomic E-state index is 14.1. The molecule has 0 aliphatic carbocycles. The van der Waals surface area contributed by atoms with Crippen LogP contribution in [0.2, 0.25) is 0 Å². The van der Waals surface area contributed by atoms with Crippen molar-refractivity contribution < 1.29 is 24.2 Å². The van der Waals surface area contributed by atoms with Crippen LogP contribution in [-0.4, -0.2) is 40.2 Å². The standard InChI is InChI=1S/C16H18FN3.C4H4O4/c1-2-10-19(16-7-9-18-12-14(16)17)20-11-8-13-5-3-4-6-15(13)20;5-3(6)1-2-4(7)8/h3-7,9,12H,2,8,10-11H2,1H3;1-2H,(H,5,6)(H,7,8). The van der Waals surface area contributed by atoms with Crippen LogP contribution in [0.25, 0.3) is 0 Å². The average molecular weight is 387 g/mol. The lowest BCUT2D eigenvalue weighted by atomic mass is 10.2. The number of pyridine rings is 1. The van der Waals surface area contributed by atoms with Gasteiger partial charge in [0, 0.05) is 31.4 Å². The van der Waals surface area contributed by atoms with E-state index in [1.165, 1.54) is 17.4 Å². The van der Waals surface area contributed by atoms with E-state index in [1.54, 1.807) is 12.3 Å². The van der Waals surface area contributed by atoms with Gasteiger partial charge in [0.1, 0.15) is 0 Å². The Morgan fingerprint density at radius 3 is 2.50 bits per heavy atom. The quantitative estimate of drug-likeness (QED) is 0.736. The number of nitrogens with zero attached hydrogens (tertiary/aromatic N) is 3. The molecule has 0 bridgehead atoms. The highest BCUT2D eigenvalue weighted by Crippen LogP contribution is 2.32. The number of halogens is 1. The van der Waals surface area contributed by atoms with E-state index in [-0.39, 0.29) is 5.82 Å². The minimum atomic E-state index is -1.26. The molecule has 1 aliphatic heterocycles. The average Bonchev–Trinajstić information content (AvgIpc) is 3.10. The van der Waals surface area contributed by atoms with Crippen molar-refractivity contribution in [2.75, 3.05) is 23.1 Å². The Bertz CT molecular complexity index is 841. The number of fused-ring (bicyclic) bond motifs is 1. The molecule has 0 saturated heterocycles. The highest BCUT2D eigenvalue weighted by molar-refractivity contribution is 5.89. The number of hydrogen-bond acceptors (Lipinski definition) is 5. The summed E-state index contributed by atoms with van der Waals surface area (Å²) < 4.78 is 14.1. The normalized spacial score (nSPS) is 12.3. The number of rotatable bonds is 6. The topological polar surface area (TPSA) is 94.0 Å². The zero-order valence-electron chi connectivity index (χ0n) is 15.5. The number of carbonyl (C=O) groups is 2. The van der Waals surface area contributed by atoms with E-state index in [9.17, 15) is 14.0 Å². The van der Waals surface area contributed by atoms with E-state index in [4.69, 9.17) is 10.2 Å². The van der Waals surface area contributed by atoms with Gasteiger partial charge in [0.15, 0.2) is 5.82 Å². The lowest BCUT2D eigenvalue weighted by Crippen LogP contribution is -2.43. The van der Waals surface area contributed by atoms with Crippen molar-refractivity contribution in [2.45, 2.75) is 19.8 Å². The van der Waals surface area contributed by atoms with E-state index < -0.39 is 11.9 Å². The number of aliphatic carboxylic acids is 2. The van der Waals surface area contributed by atoms with Crippen molar-refractivity contribution in [3.8, 4) is 0 Å². The molecule has 0 unspecified atom stereocenters. The maximum Gasteiger partial charge on any atom is 0.328 e. The van der Waals surface area contributed by atoms with Crippen LogP contribution >= 0.6 is 0 Å². The van der Waals surface area contributed by atoms with Crippen LogP contribution in [-0.2, 0) is 16.0 Å². The lowest BCUT2D eigenvalue weighted by Gasteiger charge is -2.35. The second-order valence-corrected chi connectivity index (χ2v) is 5.96. The minimum absolute atomic E-state index is 0.273. The van der Waals surface area contributed by atoms with Crippen LogP contribution in [0.1, 0.15) is 18.9 Å². The van der Waals surface area contributed by atoms with Gasteiger partial charge in [-0.05, 0) is 30.5 Å². The van der Waals surface area contributed by atoms with E-state index in [2.05, 4.69) is 35.1 Å². The van der Waals surface area contributed by atoms with Gasteiger partial charge in [-0.3, -0.25) is 15.0 Å². The zero-order chi connectivity index (χ0) is 20.5. The number of hydrogen-bond donors (Lipinski definition) is 2. The van der Waals surface area contributed by atoms with E-state index in [1.807, 2.05) is 11.1 Å². The van der Waals surface area contributed by atoms with Gasteiger partial charge in [0.05, 0.1) is 17.6 Å². The van der Waals surface area contributed by atoms with Gasteiger partial charge >= 0.3 is 11.9 Å². The molecule has 148 valence electrons. The van der Waals surface area contributed by atoms with Gasteiger partial charge in [-0.2, -0.15) is 0 Å². The lowest BCUT2D eigenvalue weighted by molar-refractivity contribution is -0.134. The largest absolute Gasteiger partial charge is 0.478 e. The molecule has 3 rings (SSSR count). The number of para-hydroxylation sites is 1. The van der Waals surface area contributed by atoms with Crippen molar-refractivity contribution in [2.24, 2.45) is 0 Å². The molecule has 2 aromatic rings. The third-order valence-electron chi connectivity index (χ3n) is 3.99. The van der Waals surface area contributed by atoms with Crippen LogP contribution in [0.4, 0.5) is 15.8 Å². The molecule has 8 heteroatoms. The van der Waals surface area contributed by atoms with Gasteiger partial charge < -0.3 is 10.2 Å². The molecule has 7 nitrogen and oxygen atoms in total. The Hall–Kier alpha value is -3.42. The Labute approximate surface area is 162 Å². The van der Waals surface area contributed by atoms with E-state index >= 15 is 0 Å². The smallest absolute Gasteiger partial charge is 0.328 e. The summed E-state index contributed by atoms with van der Waals surface area (Å²) in [4.78, 5) is 22.9. The minimum Gasteiger partial charge on any atom is -0.478 e. The van der Waals surface area contributed by atoms with Crippen LogP contribution in [0.15, 0.2) is 54.9 Å². The van der Waals surface area contributed by atoms with Crippen LogP contribution in [0.3, 0.4) is 0 Å². The third-order valence-corrected chi connectivity index (χ3v) is 3.99. The molecular formula is C20H22FN3O4. The molecule has 0 fully saturated rings. The summed E-state index contributed by atoms with van der Waals surface area (Å²) in [6.45, 7) is 3.78. The zero-order valence-corrected chi connectivity index (χ0v) is 15.5. The summed E-state index contributed by atoms with van der Waals surface area (Å²) in [5.74, 6) is -2.79. The van der Waals surface area contributed by atoms with Gasteiger partial charge in [0.2, 0.25) is 0 Å². The summed E-state index contributed by atoms with van der Waals surface area (Å²) in [6.07, 6.45) is 6.00. The third kappa shape index (κ3) is 5.54. The number of hydrazine groups is 1. The Morgan fingerprint density at radius 1 is 1.21 bits per heavy atom. The fourth-order valence-electron chi connectivity index (χ4n) is 2.87. The summed E-state index contributed by atoms with van der Waals surface area (Å²) in [5, 5.41) is 19.8. The summed E-state index contributed by atoms with van der Waals surface area (Å²) in [7, 11) is 0. The second kappa shape index (κ2) is 10.1. The molecule has 0 radical (unpaired) electrons. The highest BCUT2D eigenvalue weighted by Gasteiger charge is 2.25. The van der Waals surface area contributed by atoms with E-state index in [0.717, 1.165) is 25.9 Å². The van der Waals surface area contributed by atoms with Gasteiger partial charge in [-0.1, -0.05) is 25.1 Å². The first-order valence-electron chi connectivity index (χ1n) is 8.80. The SMILES string of the molecule is CCCN(c1ccncc1F)N1CCc2ccccc21.O=C(O)C=CC(=O)O. The molecule has 28 heavy (non-hydrogen) atoms. The highest BCUT2D eigenvalue weighted by atomic mass is 19.1. The fourth-order valence-corrected chi connectivity index (χ4v) is 2.87. The molecule has 1 aromatic carbocycles. The molecule has 0 amide bonds. The summed E-state index contributed by atoms with van der Waals surface area (Å²) >= 11 is 0. The van der Waals surface area contributed by atoms with Gasteiger partial charge in [0.25, 0.3) is 0 Å². The number of carboxylic acids is 2. The number of carboxylic acid groups (broad SMARTS) is 2. The van der Waals surface area contributed by atoms with Gasteiger partial charge in [-0.15, -0.1) is 0 Å². The van der Waals surface area contributed by atoms with Crippen molar-refractivity contribution in [1.82, 2.24) is 4.98 Å². The second-order valence-electron chi connectivity index (χ2n) is 5.96. The Balaban J connectivity index is 0.000000300. The summed E-state index contributed by atoms with van der Waals surface area (Å²) in [6, 6.07) is 10.1. The molecule has 0 spiro atoms. The molecule has 0 atom stereocenters.